The van der Waals surface area contributed by atoms with Gasteiger partial charge >= 0.3 is 0 Å². The van der Waals surface area contributed by atoms with E-state index in [0.29, 0.717) is 12.0 Å². The molecule has 0 unspecified atom stereocenters. The summed E-state index contributed by atoms with van der Waals surface area (Å²) in [6.07, 6.45) is -0.222. The smallest absolute Gasteiger partial charge is 0.211 e. The fourth-order valence-electron chi connectivity index (χ4n) is 1.02. The Balaban J connectivity index is 2.88. The van der Waals surface area contributed by atoms with E-state index < -0.39 is 11.7 Å². The number of oxime groups is 1. The minimum Gasteiger partial charge on any atom is -0.594 e. The zero-order valence-corrected chi connectivity index (χ0v) is 11.9. The Morgan fingerprint density at radius 1 is 1.53 bits per heavy atom. The summed E-state index contributed by atoms with van der Waals surface area (Å²) in [7, 11) is 1.32. The predicted octanol–water partition coefficient (Wildman–Crippen LogP) is 0.855. The number of aromatic nitrogens is 1. The number of thiazole rings is 1. The van der Waals surface area contributed by atoms with Gasteiger partial charge in [0.2, 0.25) is 5.13 Å². The average molecular weight is 284 g/mol. The summed E-state index contributed by atoms with van der Waals surface area (Å²) in [5.41, 5.74) is -0.292. The Hall–Kier alpha value is -1.96. The molecule has 0 saturated heterocycles. The van der Waals surface area contributed by atoms with Gasteiger partial charge in [0.15, 0.2) is 18.1 Å². The van der Waals surface area contributed by atoms with Crippen LogP contribution in [0.15, 0.2) is 15.5 Å². The maximum atomic E-state index is 11.5. The molecule has 0 spiro atoms. The van der Waals surface area contributed by atoms with Gasteiger partial charge in [-0.15, -0.1) is 11.3 Å². The van der Waals surface area contributed by atoms with E-state index >= 15 is 0 Å². The number of carbonyl (C=O) groups excluding carboxylic acids is 1. The van der Waals surface area contributed by atoms with E-state index in [1.165, 1.54) is 7.11 Å². The van der Waals surface area contributed by atoms with Crippen LogP contribution in [0.4, 0.5) is 5.13 Å². The molecular weight excluding hydrogens is 270 g/mol. The molecule has 1 aromatic heterocycles. The summed E-state index contributed by atoms with van der Waals surface area (Å²) in [5.74, 6) is 0. The van der Waals surface area contributed by atoms with Gasteiger partial charge in [-0.3, -0.25) is 4.79 Å². The lowest BCUT2D eigenvalue weighted by Gasteiger charge is -2.29. The number of carbonyl (C=O) groups is 1. The van der Waals surface area contributed by atoms with Gasteiger partial charge in [-0.1, -0.05) is 25.9 Å². The van der Waals surface area contributed by atoms with Crippen molar-refractivity contribution in [2.24, 2.45) is 10.1 Å². The van der Waals surface area contributed by atoms with Gasteiger partial charge in [-0.05, 0) is 0 Å². The van der Waals surface area contributed by atoms with Crippen molar-refractivity contribution in [2.45, 2.75) is 26.4 Å². The van der Waals surface area contributed by atoms with E-state index in [1.54, 1.807) is 26.2 Å². The summed E-state index contributed by atoms with van der Waals surface area (Å²) in [5, 5.41) is 16.7. The third-order valence-electron chi connectivity index (χ3n) is 1.64. The zero-order chi connectivity index (χ0) is 14.5. The summed E-state index contributed by atoms with van der Waals surface area (Å²) in [6.45, 7) is 5.22. The van der Waals surface area contributed by atoms with Crippen LogP contribution < -0.4 is 5.11 Å². The SMILES string of the molecule is CON=C(C=O)c1csc(/N=C(\[O-])OC(C)(C)C)n1. The largest absolute Gasteiger partial charge is 0.594 e. The van der Waals surface area contributed by atoms with E-state index in [9.17, 15) is 9.90 Å². The van der Waals surface area contributed by atoms with E-state index in [0.717, 1.165) is 11.3 Å². The molecule has 7 nitrogen and oxygen atoms in total. The number of hydrogen-bond donors (Lipinski definition) is 0. The Kier molecular flexibility index (Phi) is 4.99. The number of aldehydes is 1. The number of aliphatic imine (C=N–C) groups is 1. The predicted molar refractivity (Wildman–Crippen MR) is 69.7 cm³/mol. The molecule has 0 aliphatic heterocycles. The Morgan fingerprint density at radius 3 is 2.74 bits per heavy atom. The lowest BCUT2D eigenvalue weighted by atomic mass is 10.2. The first kappa shape index (κ1) is 15.1. The summed E-state index contributed by atoms with van der Waals surface area (Å²) >= 11 is 1.10. The summed E-state index contributed by atoms with van der Waals surface area (Å²) in [4.78, 5) is 22.9. The van der Waals surface area contributed by atoms with Gasteiger partial charge in [0.1, 0.15) is 12.8 Å². The molecule has 0 bridgehead atoms. The van der Waals surface area contributed by atoms with Crippen molar-refractivity contribution in [2.75, 3.05) is 7.11 Å². The number of rotatable bonds is 4. The van der Waals surface area contributed by atoms with Crippen LogP contribution in [-0.4, -0.2) is 35.8 Å². The molecule has 0 N–H and O–H groups in total. The first-order valence-corrected chi connectivity index (χ1v) is 6.20. The molecule has 0 aliphatic rings. The van der Waals surface area contributed by atoms with E-state index in [-0.39, 0.29) is 10.8 Å². The molecule has 0 fully saturated rings. The highest BCUT2D eigenvalue weighted by Gasteiger charge is 2.09. The third-order valence-corrected chi connectivity index (χ3v) is 2.37. The van der Waals surface area contributed by atoms with Gasteiger partial charge < -0.3 is 14.7 Å². The fourth-order valence-corrected chi connectivity index (χ4v) is 1.69. The monoisotopic (exact) mass is 284 g/mol. The lowest BCUT2D eigenvalue weighted by molar-refractivity contribution is -0.259. The Labute approximate surface area is 114 Å². The number of nitrogens with zero attached hydrogens (tertiary/aromatic N) is 3. The van der Waals surface area contributed by atoms with Gasteiger partial charge in [0, 0.05) is 11.0 Å². The van der Waals surface area contributed by atoms with Crippen LogP contribution >= 0.6 is 11.3 Å². The minimum absolute atomic E-state index is 0.0318. The molecule has 0 saturated carbocycles. The molecular formula is C11H14N3O4S-. The van der Waals surface area contributed by atoms with E-state index in [1.807, 2.05) is 0 Å². The molecule has 19 heavy (non-hydrogen) atoms. The van der Waals surface area contributed by atoms with Gasteiger partial charge in [-0.2, -0.15) is 0 Å². The van der Waals surface area contributed by atoms with Crippen LogP contribution in [0.25, 0.3) is 0 Å². The van der Waals surface area contributed by atoms with Gasteiger partial charge in [0.25, 0.3) is 0 Å². The van der Waals surface area contributed by atoms with Crippen molar-refractivity contribution in [3.63, 3.8) is 0 Å². The Morgan fingerprint density at radius 2 is 2.21 bits per heavy atom. The average Bonchev–Trinajstić information content (AvgIpc) is 2.71. The van der Waals surface area contributed by atoms with Crippen molar-refractivity contribution >= 4 is 34.5 Å². The fraction of sp³-hybridized carbons (Fsp3) is 0.455. The molecule has 0 radical (unpaired) electrons. The van der Waals surface area contributed by atoms with Gasteiger partial charge in [-0.25, -0.2) is 9.98 Å². The van der Waals surface area contributed by atoms with Gasteiger partial charge in [0.05, 0.1) is 0 Å². The molecule has 0 aromatic carbocycles. The maximum absolute atomic E-state index is 11.5. The molecule has 1 rings (SSSR count). The lowest BCUT2D eigenvalue weighted by Crippen LogP contribution is -2.31. The highest BCUT2D eigenvalue weighted by Crippen LogP contribution is 2.20. The van der Waals surface area contributed by atoms with Crippen molar-refractivity contribution in [3.8, 4) is 0 Å². The van der Waals surface area contributed by atoms with Crippen LogP contribution in [0.1, 0.15) is 26.5 Å². The Bertz CT molecular complexity index is 502. The van der Waals surface area contributed by atoms with Crippen LogP contribution in [-0.2, 0) is 14.4 Å². The molecule has 0 amide bonds. The topological polar surface area (TPSA) is 96.2 Å². The summed E-state index contributed by atoms with van der Waals surface area (Å²) in [6, 6.07) is 0. The second-order valence-corrected chi connectivity index (χ2v) is 5.22. The van der Waals surface area contributed by atoms with Crippen molar-refractivity contribution in [1.82, 2.24) is 4.98 Å². The number of ether oxygens (including phenoxy) is 1. The van der Waals surface area contributed by atoms with Crippen molar-refractivity contribution in [1.29, 1.82) is 0 Å². The van der Waals surface area contributed by atoms with Crippen molar-refractivity contribution < 1.29 is 19.5 Å². The van der Waals surface area contributed by atoms with Crippen LogP contribution in [0, 0.1) is 0 Å². The van der Waals surface area contributed by atoms with Crippen molar-refractivity contribution in [3.05, 3.63) is 11.1 Å². The highest BCUT2D eigenvalue weighted by atomic mass is 32.1. The second kappa shape index (κ2) is 6.28. The molecule has 8 heteroatoms. The van der Waals surface area contributed by atoms with Crippen LogP contribution in [0.3, 0.4) is 0 Å². The first-order valence-electron chi connectivity index (χ1n) is 5.32. The minimum atomic E-state index is -0.732. The zero-order valence-electron chi connectivity index (χ0n) is 11.0. The molecule has 0 aliphatic carbocycles. The quantitative estimate of drug-likeness (QED) is 0.353. The third kappa shape index (κ3) is 5.04. The summed E-state index contributed by atoms with van der Waals surface area (Å²) < 4.78 is 5.02. The molecule has 1 aromatic rings. The maximum Gasteiger partial charge on any atom is 0.211 e. The van der Waals surface area contributed by atoms with Crippen LogP contribution in [0.5, 0.6) is 0 Å². The number of hydrogen-bond acceptors (Lipinski definition) is 8. The normalized spacial score (nSPS) is 13.3. The highest BCUT2D eigenvalue weighted by molar-refractivity contribution is 7.13. The molecule has 1 heterocycles. The standard InChI is InChI=1S/C11H15N3O4S/c1-11(2,3)18-10(16)13-9-12-8(6-19-9)7(5-15)14-17-4/h5-6H,1-4H3,(H,12,13,16)/p-1. The molecule has 104 valence electrons. The molecule has 0 atom stereocenters. The van der Waals surface area contributed by atoms with E-state index in [4.69, 9.17) is 4.74 Å². The second-order valence-electron chi connectivity index (χ2n) is 4.38. The van der Waals surface area contributed by atoms with E-state index in [2.05, 4.69) is 20.0 Å². The van der Waals surface area contributed by atoms with Crippen LogP contribution in [0.2, 0.25) is 0 Å². The first-order chi connectivity index (χ1) is 8.85.